The largest absolute Gasteiger partial charge is 0.417 e. The fourth-order valence-corrected chi connectivity index (χ4v) is 4.25. The number of aromatic nitrogens is 1. The molecule has 2 atom stereocenters. The molecule has 0 saturated carbocycles. The van der Waals surface area contributed by atoms with Crippen LogP contribution in [-0.2, 0) is 12.6 Å². The number of rotatable bonds is 1. The molecule has 1 aromatic heterocycles. The third-order valence-corrected chi connectivity index (χ3v) is 5.56. The maximum atomic E-state index is 14.1. The zero-order valence-corrected chi connectivity index (χ0v) is 15.2. The van der Waals surface area contributed by atoms with Gasteiger partial charge in [0, 0.05) is 17.8 Å². The highest BCUT2D eigenvalue weighted by atomic mass is 35.5. The predicted octanol–water partition coefficient (Wildman–Crippen LogP) is 5.46. The smallest absolute Gasteiger partial charge is 0.314 e. The van der Waals surface area contributed by atoms with Gasteiger partial charge in [-0.3, -0.25) is 0 Å². The molecule has 2 aliphatic rings. The van der Waals surface area contributed by atoms with E-state index in [1.54, 1.807) is 0 Å². The summed E-state index contributed by atoms with van der Waals surface area (Å²) in [6.45, 7) is 0. The monoisotopic (exact) mass is 435 g/mol. The van der Waals surface area contributed by atoms with Gasteiger partial charge < -0.3 is 10.2 Å². The van der Waals surface area contributed by atoms with Crippen molar-refractivity contribution in [2.45, 2.75) is 37.5 Å². The van der Waals surface area contributed by atoms with Crippen molar-refractivity contribution in [3.63, 3.8) is 0 Å². The molecule has 3 heterocycles. The van der Waals surface area contributed by atoms with Crippen molar-refractivity contribution in [2.24, 2.45) is 0 Å². The number of halogens is 7. The van der Waals surface area contributed by atoms with Gasteiger partial charge in [-0.2, -0.15) is 17.6 Å². The predicted molar refractivity (Wildman–Crippen MR) is 90.9 cm³/mol. The molecule has 2 aromatic rings. The van der Waals surface area contributed by atoms with E-state index in [0.29, 0.717) is 24.5 Å². The summed E-state index contributed by atoms with van der Waals surface area (Å²) in [5.41, 5.74) is -1.36. The molecule has 4 nitrogen and oxygen atoms in total. The van der Waals surface area contributed by atoms with Crippen LogP contribution in [0.1, 0.15) is 35.6 Å². The number of amides is 2. The first-order chi connectivity index (χ1) is 13.6. The van der Waals surface area contributed by atoms with Crippen LogP contribution in [0.3, 0.4) is 0 Å². The van der Waals surface area contributed by atoms with Crippen molar-refractivity contribution in [1.29, 1.82) is 0 Å². The first-order valence-electron chi connectivity index (χ1n) is 8.56. The minimum Gasteiger partial charge on any atom is -0.314 e. The molecule has 11 heteroatoms. The van der Waals surface area contributed by atoms with Crippen LogP contribution in [0.2, 0.25) is 5.02 Å². The molecule has 2 unspecified atom stereocenters. The summed E-state index contributed by atoms with van der Waals surface area (Å²) >= 11 is 5.59. The number of carbonyl (C=O) groups is 1. The Labute approximate surface area is 165 Å². The molecule has 0 spiro atoms. The lowest BCUT2D eigenvalue weighted by atomic mass is 9.95. The SMILES string of the molecule is O=C(Nc1cc(Cl)c(C(F)(F)F)cc1F)N1C2CCC1c1cnc(F)c(F)c1C2. The highest BCUT2D eigenvalue weighted by Crippen LogP contribution is 2.45. The highest BCUT2D eigenvalue weighted by molar-refractivity contribution is 6.31. The second kappa shape index (κ2) is 6.79. The third kappa shape index (κ3) is 3.29. The summed E-state index contributed by atoms with van der Waals surface area (Å²) in [4.78, 5) is 17.4. The lowest BCUT2D eigenvalue weighted by Crippen LogP contribution is -2.44. The van der Waals surface area contributed by atoms with Gasteiger partial charge in [0.25, 0.3) is 0 Å². The highest BCUT2D eigenvalue weighted by Gasteiger charge is 2.44. The van der Waals surface area contributed by atoms with Crippen LogP contribution in [0.5, 0.6) is 0 Å². The number of nitrogens with one attached hydrogen (secondary N) is 1. The Morgan fingerprint density at radius 3 is 2.62 bits per heavy atom. The molecule has 4 rings (SSSR count). The zero-order chi connectivity index (χ0) is 21.1. The molecule has 2 amide bonds. The number of alkyl halides is 3. The van der Waals surface area contributed by atoms with Crippen molar-refractivity contribution in [3.05, 3.63) is 57.6 Å². The Bertz CT molecular complexity index is 1010. The minimum absolute atomic E-state index is 0.0563. The minimum atomic E-state index is -4.84. The number of pyridine rings is 1. The third-order valence-electron chi connectivity index (χ3n) is 5.25. The Balaban J connectivity index is 1.62. The van der Waals surface area contributed by atoms with Crippen LogP contribution in [0, 0.1) is 17.6 Å². The standard InChI is InChI=1S/C18H12ClF6N3O/c19-11-5-13(12(20)4-10(11)18(23,24)25)27-17(29)28-7-1-2-14(28)9-6-26-16(22)15(21)8(9)3-7/h4-7,14H,1-3H2,(H,27,29). The van der Waals surface area contributed by atoms with E-state index in [2.05, 4.69) is 10.3 Å². The van der Waals surface area contributed by atoms with Gasteiger partial charge in [0.2, 0.25) is 5.95 Å². The molecule has 1 N–H and O–H groups in total. The summed E-state index contributed by atoms with van der Waals surface area (Å²) < 4.78 is 80.1. The Kier molecular flexibility index (Phi) is 4.64. The summed E-state index contributed by atoms with van der Waals surface area (Å²) in [6.07, 6.45) is -2.66. The van der Waals surface area contributed by atoms with E-state index in [1.807, 2.05) is 0 Å². The second-order valence-electron chi connectivity index (χ2n) is 6.90. The average Bonchev–Trinajstić information content (AvgIpc) is 2.95. The molecule has 2 bridgehead atoms. The Morgan fingerprint density at radius 2 is 1.93 bits per heavy atom. The normalized spacial score (nSPS) is 20.6. The van der Waals surface area contributed by atoms with E-state index in [9.17, 15) is 31.1 Å². The second-order valence-corrected chi connectivity index (χ2v) is 7.30. The van der Waals surface area contributed by atoms with E-state index in [4.69, 9.17) is 11.6 Å². The molecule has 1 saturated heterocycles. The Hall–Kier alpha value is -2.49. The molecule has 154 valence electrons. The van der Waals surface area contributed by atoms with Gasteiger partial charge >= 0.3 is 12.2 Å². The van der Waals surface area contributed by atoms with Crippen LogP contribution in [-0.4, -0.2) is 22.0 Å². The molecule has 2 aliphatic heterocycles. The molecule has 1 fully saturated rings. The number of carbonyl (C=O) groups excluding carboxylic acids is 1. The number of urea groups is 1. The van der Waals surface area contributed by atoms with E-state index < -0.39 is 58.1 Å². The van der Waals surface area contributed by atoms with Gasteiger partial charge in [-0.05, 0) is 37.0 Å². The van der Waals surface area contributed by atoms with Gasteiger partial charge in [0.1, 0.15) is 5.82 Å². The van der Waals surface area contributed by atoms with Crippen LogP contribution >= 0.6 is 11.6 Å². The number of hydrogen-bond donors (Lipinski definition) is 1. The van der Waals surface area contributed by atoms with Crippen molar-refractivity contribution >= 4 is 23.3 Å². The van der Waals surface area contributed by atoms with Crippen LogP contribution in [0.25, 0.3) is 0 Å². The fourth-order valence-electron chi connectivity index (χ4n) is 3.98. The summed E-state index contributed by atoms with van der Waals surface area (Å²) in [7, 11) is 0. The number of fused-ring (bicyclic) bond motifs is 4. The van der Waals surface area contributed by atoms with Gasteiger partial charge in [-0.1, -0.05) is 11.6 Å². The van der Waals surface area contributed by atoms with Crippen molar-refractivity contribution in [2.75, 3.05) is 5.32 Å². The molecular formula is C18H12ClF6N3O. The lowest BCUT2D eigenvalue weighted by Gasteiger charge is -2.36. The first kappa shape index (κ1) is 19.8. The molecule has 29 heavy (non-hydrogen) atoms. The van der Waals surface area contributed by atoms with E-state index in [0.717, 1.165) is 6.20 Å². The van der Waals surface area contributed by atoms with Crippen molar-refractivity contribution < 1.29 is 31.1 Å². The fraction of sp³-hybridized carbons (Fsp3) is 0.333. The number of hydrogen-bond acceptors (Lipinski definition) is 2. The molecule has 0 aliphatic carbocycles. The van der Waals surface area contributed by atoms with Crippen molar-refractivity contribution in [1.82, 2.24) is 9.88 Å². The van der Waals surface area contributed by atoms with Crippen LogP contribution in [0.15, 0.2) is 18.3 Å². The van der Waals surface area contributed by atoms with E-state index in [1.165, 1.54) is 4.90 Å². The molecule has 0 radical (unpaired) electrons. The van der Waals surface area contributed by atoms with Gasteiger partial charge in [0.05, 0.1) is 22.3 Å². The maximum absolute atomic E-state index is 14.1. The summed E-state index contributed by atoms with van der Waals surface area (Å²) in [5.74, 6) is -3.57. The van der Waals surface area contributed by atoms with E-state index in [-0.39, 0.29) is 18.1 Å². The number of benzene rings is 1. The van der Waals surface area contributed by atoms with Gasteiger partial charge in [0.15, 0.2) is 5.82 Å². The molecule has 1 aromatic carbocycles. The topological polar surface area (TPSA) is 45.2 Å². The average molecular weight is 436 g/mol. The summed E-state index contributed by atoms with van der Waals surface area (Å²) in [5, 5.41) is 1.47. The zero-order valence-electron chi connectivity index (χ0n) is 14.5. The lowest BCUT2D eigenvalue weighted by molar-refractivity contribution is -0.137. The number of anilines is 1. The van der Waals surface area contributed by atoms with Crippen LogP contribution < -0.4 is 5.32 Å². The van der Waals surface area contributed by atoms with Gasteiger partial charge in [-0.15, -0.1) is 0 Å². The van der Waals surface area contributed by atoms with Crippen LogP contribution in [0.4, 0.5) is 36.8 Å². The maximum Gasteiger partial charge on any atom is 0.417 e. The van der Waals surface area contributed by atoms with E-state index >= 15 is 0 Å². The number of nitrogens with zero attached hydrogens (tertiary/aromatic N) is 2. The van der Waals surface area contributed by atoms with Crippen molar-refractivity contribution in [3.8, 4) is 0 Å². The first-order valence-corrected chi connectivity index (χ1v) is 8.94. The Morgan fingerprint density at radius 1 is 1.21 bits per heavy atom. The quantitative estimate of drug-likeness (QED) is 0.477. The molecular weight excluding hydrogens is 424 g/mol. The van der Waals surface area contributed by atoms with Gasteiger partial charge in [-0.25, -0.2) is 18.6 Å². The summed E-state index contributed by atoms with van der Waals surface area (Å²) in [6, 6.07) is -0.938.